The molecule has 0 aliphatic heterocycles. The number of halogens is 1. The Morgan fingerprint density at radius 2 is 2.20 bits per heavy atom. The average molecular weight is 385 g/mol. The quantitative estimate of drug-likeness (QED) is 0.805. The third-order valence-electron chi connectivity index (χ3n) is 3.38. The Balaban J connectivity index is 2.56. The van der Waals surface area contributed by atoms with Crippen LogP contribution < -0.4 is 10.1 Å². The number of nitrogens with zero attached hydrogens (tertiary/aromatic N) is 2. The Hall–Kier alpha value is -1.08. The molecule has 0 radical (unpaired) electrons. The number of benzene rings is 1. The molecule has 1 aromatic heterocycles. The first-order chi connectivity index (χ1) is 9.60. The second kappa shape index (κ2) is 6.58. The first kappa shape index (κ1) is 15.3. The highest BCUT2D eigenvalue weighted by Gasteiger charge is 2.23. The van der Waals surface area contributed by atoms with Gasteiger partial charge in [-0.2, -0.15) is 5.10 Å². The maximum absolute atomic E-state index is 5.46. The number of nitrogens with one attached hydrogen (secondary N) is 1. The van der Waals surface area contributed by atoms with Crippen molar-refractivity contribution in [2.45, 2.75) is 19.9 Å². The molecule has 0 fully saturated rings. The fraction of sp³-hybridized carbons (Fsp3) is 0.400. The van der Waals surface area contributed by atoms with E-state index in [-0.39, 0.29) is 6.04 Å². The van der Waals surface area contributed by atoms with E-state index >= 15 is 0 Å². The van der Waals surface area contributed by atoms with Gasteiger partial charge in [-0.1, -0.05) is 25.1 Å². The topological polar surface area (TPSA) is 39.1 Å². The van der Waals surface area contributed by atoms with E-state index in [1.165, 1.54) is 14.7 Å². The monoisotopic (exact) mass is 385 g/mol. The molecule has 5 heteroatoms. The maximum Gasteiger partial charge on any atom is 0.161 e. The van der Waals surface area contributed by atoms with Crippen molar-refractivity contribution in [1.82, 2.24) is 15.1 Å². The summed E-state index contributed by atoms with van der Waals surface area (Å²) < 4.78 is 8.62. The molecular weight excluding hydrogens is 365 g/mol. The van der Waals surface area contributed by atoms with E-state index in [2.05, 4.69) is 65.1 Å². The SMILES string of the molecule is CCNC(c1cccc(C)c1I)c1c(OC)cnn1C. The summed E-state index contributed by atoms with van der Waals surface area (Å²) in [5.74, 6) is 0.816. The molecule has 0 aliphatic rings. The predicted molar refractivity (Wildman–Crippen MR) is 89.2 cm³/mol. The number of methoxy groups -OCH3 is 1. The van der Waals surface area contributed by atoms with Crippen molar-refractivity contribution in [3.8, 4) is 5.75 Å². The number of aromatic nitrogens is 2. The molecule has 0 saturated heterocycles. The van der Waals surface area contributed by atoms with Crippen LogP contribution in [0.2, 0.25) is 0 Å². The molecule has 20 heavy (non-hydrogen) atoms. The summed E-state index contributed by atoms with van der Waals surface area (Å²) in [6.07, 6.45) is 1.77. The molecule has 0 aliphatic carbocycles. The van der Waals surface area contributed by atoms with Crippen LogP contribution in [-0.4, -0.2) is 23.4 Å². The van der Waals surface area contributed by atoms with Crippen LogP contribution in [0.3, 0.4) is 0 Å². The highest BCUT2D eigenvalue weighted by Crippen LogP contribution is 2.32. The van der Waals surface area contributed by atoms with E-state index in [0.717, 1.165) is 18.0 Å². The summed E-state index contributed by atoms with van der Waals surface area (Å²) in [7, 11) is 3.63. The number of ether oxygens (including phenoxy) is 1. The van der Waals surface area contributed by atoms with Crippen LogP contribution in [0.15, 0.2) is 24.4 Å². The third kappa shape index (κ3) is 2.83. The van der Waals surface area contributed by atoms with E-state index in [0.29, 0.717) is 0 Å². The van der Waals surface area contributed by atoms with Gasteiger partial charge in [-0.3, -0.25) is 4.68 Å². The Morgan fingerprint density at radius 1 is 1.45 bits per heavy atom. The van der Waals surface area contributed by atoms with Gasteiger partial charge in [0.1, 0.15) is 5.69 Å². The molecule has 1 heterocycles. The zero-order chi connectivity index (χ0) is 14.7. The standard InChI is InChI=1S/C15H20IN3O/c1-5-17-14(11-8-6-7-10(2)13(11)16)15-12(20-4)9-18-19(15)3/h6-9,14,17H,5H2,1-4H3. The van der Waals surface area contributed by atoms with Crippen LogP contribution in [0, 0.1) is 10.5 Å². The Labute approximate surface area is 133 Å². The van der Waals surface area contributed by atoms with Gasteiger partial charge in [0.15, 0.2) is 5.75 Å². The van der Waals surface area contributed by atoms with Gasteiger partial charge in [-0.25, -0.2) is 0 Å². The van der Waals surface area contributed by atoms with E-state index < -0.39 is 0 Å². The van der Waals surface area contributed by atoms with Gasteiger partial charge in [-0.15, -0.1) is 0 Å². The summed E-state index contributed by atoms with van der Waals surface area (Å²) in [4.78, 5) is 0. The normalized spacial score (nSPS) is 12.4. The fourth-order valence-electron chi connectivity index (χ4n) is 2.36. The molecular formula is C15H20IN3O. The minimum absolute atomic E-state index is 0.0780. The van der Waals surface area contributed by atoms with Crippen LogP contribution >= 0.6 is 22.6 Å². The van der Waals surface area contributed by atoms with Crippen molar-refractivity contribution in [2.24, 2.45) is 7.05 Å². The lowest BCUT2D eigenvalue weighted by Crippen LogP contribution is -2.25. The zero-order valence-electron chi connectivity index (χ0n) is 12.3. The summed E-state index contributed by atoms with van der Waals surface area (Å²) in [6, 6.07) is 6.47. The largest absolute Gasteiger partial charge is 0.493 e. The van der Waals surface area contributed by atoms with Crippen LogP contribution in [0.25, 0.3) is 0 Å². The van der Waals surface area contributed by atoms with E-state index in [9.17, 15) is 0 Å². The molecule has 1 atom stereocenters. The molecule has 0 amide bonds. The van der Waals surface area contributed by atoms with Crippen LogP contribution in [-0.2, 0) is 7.05 Å². The van der Waals surface area contributed by atoms with Crippen molar-refractivity contribution in [2.75, 3.05) is 13.7 Å². The molecule has 0 saturated carbocycles. The van der Waals surface area contributed by atoms with Crippen LogP contribution in [0.1, 0.15) is 29.8 Å². The van der Waals surface area contributed by atoms with E-state index in [4.69, 9.17) is 4.74 Å². The van der Waals surface area contributed by atoms with Gasteiger partial charge in [0, 0.05) is 10.6 Å². The average Bonchev–Trinajstić information content (AvgIpc) is 2.81. The van der Waals surface area contributed by atoms with E-state index in [1.54, 1.807) is 13.3 Å². The highest BCUT2D eigenvalue weighted by molar-refractivity contribution is 14.1. The van der Waals surface area contributed by atoms with Gasteiger partial charge < -0.3 is 10.1 Å². The summed E-state index contributed by atoms with van der Waals surface area (Å²) in [6.45, 7) is 5.12. The number of hydrogen-bond acceptors (Lipinski definition) is 3. The van der Waals surface area contributed by atoms with Crippen molar-refractivity contribution < 1.29 is 4.74 Å². The predicted octanol–water partition coefficient (Wildman–Crippen LogP) is 3.04. The number of aryl methyl sites for hydroxylation is 2. The molecule has 2 aromatic rings. The lowest BCUT2D eigenvalue weighted by molar-refractivity contribution is 0.401. The van der Waals surface area contributed by atoms with Crippen LogP contribution in [0.4, 0.5) is 0 Å². The van der Waals surface area contributed by atoms with Gasteiger partial charge in [0.05, 0.1) is 19.3 Å². The van der Waals surface area contributed by atoms with E-state index in [1.807, 2.05) is 11.7 Å². The lowest BCUT2D eigenvalue weighted by atomic mass is 10.0. The van der Waals surface area contributed by atoms with Gasteiger partial charge in [0.25, 0.3) is 0 Å². The minimum Gasteiger partial charge on any atom is -0.493 e. The molecule has 0 spiro atoms. The Bertz CT molecular complexity index is 595. The van der Waals surface area contributed by atoms with Crippen LogP contribution in [0.5, 0.6) is 5.75 Å². The van der Waals surface area contributed by atoms with Gasteiger partial charge in [-0.05, 0) is 47.2 Å². The maximum atomic E-state index is 5.46. The zero-order valence-corrected chi connectivity index (χ0v) is 14.4. The molecule has 2 rings (SSSR count). The first-order valence-corrected chi connectivity index (χ1v) is 7.72. The highest BCUT2D eigenvalue weighted by atomic mass is 127. The van der Waals surface area contributed by atoms with Crippen molar-refractivity contribution in [3.63, 3.8) is 0 Å². The van der Waals surface area contributed by atoms with Gasteiger partial charge >= 0.3 is 0 Å². The Morgan fingerprint density at radius 3 is 2.85 bits per heavy atom. The third-order valence-corrected chi connectivity index (χ3v) is 4.86. The van der Waals surface area contributed by atoms with Crippen molar-refractivity contribution in [3.05, 3.63) is 44.8 Å². The smallest absolute Gasteiger partial charge is 0.161 e. The molecule has 4 nitrogen and oxygen atoms in total. The molecule has 0 bridgehead atoms. The molecule has 1 unspecified atom stereocenters. The fourth-order valence-corrected chi connectivity index (χ4v) is 3.04. The first-order valence-electron chi connectivity index (χ1n) is 6.64. The minimum atomic E-state index is 0.0780. The molecule has 1 aromatic carbocycles. The number of rotatable bonds is 5. The summed E-state index contributed by atoms with van der Waals surface area (Å²) >= 11 is 2.41. The molecule has 108 valence electrons. The Kier molecular flexibility index (Phi) is 5.04. The summed E-state index contributed by atoms with van der Waals surface area (Å²) in [5, 5.41) is 7.86. The molecule has 1 N–H and O–H groups in total. The van der Waals surface area contributed by atoms with Gasteiger partial charge in [0.2, 0.25) is 0 Å². The summed E-state index contributed by atoms with van der Waals surface area (Å²) in [5.41, 5.74) is 3.60. The van der Waals surface area contributed by atoms with Crippen molar-refractivity contribution >= 4 is 22.6 Å². The second-order valence-corrected chi connectivity index (χ2v) is 5.77. The number of hydrogen-bond donors (Lipinski definition) is 1. The lowest BCUT2D eigenvalue weighted by Gasteiger charge is -2.22. The second-order valence-electron chi connectivity index (χ2n) is 4.69. The van der Waals surface area contributed by atoms with Crippen molar-refractivity contribution in [1.29, 1.82) is 0 Å².